The van der Waals surface area contributed by atoms with Crippen molar-refractivity contribution in [2.24, 2.45) is 11.8 Å². The minimum atomic E-state index is -0.0336. The van der Waals surface area contributed by atoms with Crippen molar-refractivity contribution in [3.05, 3.63) is 11.1 Å². The molecule has 0 aromatic rings. The number of carbonyl (C=O) groups excluding carboxylic acids is 1. The monoisotopic (exact) mass is 196 g/mol. The molecule has 0 N–H and O–H groups in total. The Kier molecular flexibility index (Phi) is 3.73. The van der Waals surface area contributed by atoms with Gasteiger partial charge in [0.15, 0.2) is 0 Å². The highest BCUT2D eigenvalue weighted by molar-refractivity contribution is 5.77. The summed E-state index contributed by atoms with van der Waals surface area (Å²) in [5, 5.41) is 0. The van der Waals surface area contributed by atoms with Gasteiger partial charge in [0.05, 0.1) is 12.5 Å². The Morgan fingerprint density at radius 3 is 2.64 bits per heavy atom. The molecule has 0 aromatic carbocycles. The Balaban J connectivity index is 2.82. The van der Waals surface area contributed by atoms with Crippen LogP contribution in [0.15, 0.2) is 11.1 Å². The van der Waals surface area contributed by atoms with Crippen molar-refractivity contribution < 1.29 is 9.53 Å². The van der Waals surface area contributed by atoms with E-state index in [2.05, 4.69) is 20.8 Å². The smallest absolute Gasteiger partial charge is 0.313 e. The Hall–Kier alpha value is -0.790. The molecule has 1 rings (SSSR count). The van der Waals surface area contributed by atoms with Gasteiger partial charge in [-0.2, -0.15) is 0 Å². The second-order valence-electron chi connectivity index (χ2n) is 4.27. The van der Waals surface area contributed by atoms with E-state index in [9.17, 15) is 4.79 Å². The Bertz CT molecular complexity index is 249. The second-order valence-corrected chi connectivity index (χ2v) is 4.27. The van der Waals surface area contributed by atoms with Crippen molar-refractivity contribution in [3.8, 4) is 0 Å². The van der Waals surface area contributed by atoms with Gasteiger partial charge in [-0.25, -0.2) is 0 Å². The van der Waals surface area contributed by atoms with Crippen LogP contribution in [0.4, 0.5) is 0 Å². The third kappa shape index (κ3) is 2.17. The zero-order chi connectivity index (χ0) is 10.7. The van der Waals surface area contributed by atoms with E-state index < -0.39 is 0 Å². The standard InChI is InChI=1S/C12H20O2/c1-5-14-12(13)11-9(4)6-7-10(11)8(2)3/h9,11H,5-7H2,1-4H3/t9-,11-/m0/s1. The number of carbonyl (C=O) groups is 1. The molecule has 0 unspecified atom stereocenters. The van der Waals surface area contributed by atoms with Crippen molar-refractivity contribution in [2.75, 3.05) is 6.61 Å². The lowest BCUT2D eigenvalue weighted by Gasteiger charge is -2.16. The molecule has 1 aliphatic rings. The van der Waals surface area contributed by atoms with Crippen molar-refractivity contribution in [1.82, 2.24) is 0 Å². The average molecular weight is 196 g/mol. The molecule has 0 heterocycles. The number of hydrogen-bond donors (Lipinski definition) is 0. The molecular weight excluding hydrogens is 176 g/mol. The first kappa shape index (κ1) is 11.3. The molecule has 0 spiro atoms. The molecule has 1 fully saturated rings. The largest absolute Gasteiger partial charge is 0.466 e. The predicted molar refractivity (Wildman–Crippen MR) is 56.9 cm³/mol. The maximum absolute atomic E-state index is 11.7. The second kappa shape index (κ2) is 4.63. The van der Waals surface area contributed by atoms with Crippen molar-refractivity contribution >= 4 is 5.97 Å². The van der Waals surface area contributed by atoms with Crippen LogP contribution in [0.2, 0.25) is 0 Å². The molecule has 0 bridgehead atoms. The number of ether oxygens (including phenoxy) is 1. The van der Waals surface area contributed by atoms with Crippen LogP contribution >= 0.6 is 0 Å². The lowest BCUT2D eigenvalue weighted by Crippen LogP contribution is -2.21. The fourth-order valence-electron chi connectivity index (χ4n) is 2.22. The van der Waals surface area contributed by atoms with Gasteiger partial charge >= 0.3 is 5.97 Å². The summed E-state index contributed by atoms with van der Waals surface area (Å²) in [4.78, 5) is 11.7. The van der Waals surface area contributed by atoms with Gasteiger partial charge in [0.2, 0.25) is 0 Å². The molecule has 14 heavy (non-hydrogen) atoms. The molecule has 2 nitrogen and oxygen atoms in total. The normalized spacial score (nSPS) is 26.4. The van der Waals surface area contributed by atoms with Gasteiger partial charge in [0, 0.05) is 0 Å². The summed E-state index contributed by atoms with van der Waals surface area (Å²) >= 11 is 0. The summed E-state index contributed by atoms with van der Waals surface area (Å²) in [6, 6.07) is 0. The minimum absolute atomic E-state index is 0.0277. The fraction of sp³-hybridized carbons (Fsp3) is 0.750. The van der Waals surface area contributed by atoms with Gasteiger partial charge in [-0.1, -0.05) is 18.1 Å². The molecule has 1 saturated carbocycles. The summed E-state index contributed by atoms with van der Waals surface area (Å²) in [5.74, 6) is 0.438. The molecule has 1 aliphatic carbocycles. The highest BCUT2D eigenvalue weighted by Crippen LogP contribution is 2.38. The van der Waals surface area contributed by atoms with E-state index in [1.807, 2.05) is 6.92 Å². The average Bonchev–Trinajstić information content (AvgIpc) is 2.47. The highest BCUT2D eigenvalue weighted by Gasteiger charge is 2.35. The predicted octanol–water partition coefficient (Wildman–Crippen LogP) is 2.93. The number of rotatable bonds is 2. The van der Waals surface area contributed by atoms with E-state index in [-0.39, 0.29) is 11.9 Å². The summed E-state index contributed by atoms with van der Waals surface area (Å²) in [7, 11) is 0. The van der Waals surface area contributed by atoms with E-state index in [0.717, 1.165) is 12.8 Å². The summed E-state index contributed by atoms with van der Waals surface area (Å²) in [6.07, 6.45) is 2.18. The summed E-state index contributed by atoms with van der Waals surface area (Å²) in [6.45, 7) is 8.65. The number of esters is 1. The first-order valence-corrected chi connectivity index (χ1v) is 5.40. The molecule has 2 heteroatoms. The van der Waals surface area contributed by atoms with Gasteiger partial charge in [-0.15, -0.1) is 0 Å². The molecule has 2 atom stereocenters. The van der Waals surface area contributed by atoms with E-state index in [4.69, 9.17) is 4.74 Å². The van der Waals surface area contributed by atoms with E-state index in [1.165, 1.54) is 11.1 Å². The zero-order valence-corrected chi connectivity index (χ0v) is 9.59. The maximum atomic E-state index is 11.7. The minimum Gasteiger partial charge on any atom is -0.466 e. The Labute approximate surface area is 86.3 Å². The Morgan fingerprint density at radius 1 is 1.50 bits per heavy atom. The van der Waals surface area contributed by atoms with Crippen molar-refractivity contribution in [2.45, 2.75) is 40.5 Å². The van der Waals surface area contributed by atoms with E-state index in [1.54, 1.807) is 0 Å². The lowest BCUT2D eigenvalue weighted by molar-refractivity contribution is -0.147. The van der Waals surface area contributed by atoms with Crippen LogP contribution in [-0.2, 0) is 9.53 Å². The molecule has 0 radical (unpaired) electrons. The zero-order valence-electron chi connectivity index (χ0n) is 9.59. The first-order chi connectivity index (χ1) is 6.57. The van der Waals surface area contributed by atoms with Crippen LogP contribution in [-0.4, -0.2) is 12.6 Å². The lowest BCUT2D eigenvalue weighted by atomic mass is 9.93. The maximum Gasteiger partial charge on any atom is 0.313 e. The summed E-state index contributed by atoms with van der Waals surface area (Å²) in [5.41, 5.74) is 2.59. The van der Waals surface area contributed by atoms with Crippen LogP contribution in [0.1, 0.15) is 40.5 Å². The molecule has 80 valence electrons. The SMILES string of the molecule is CCOC(=O)[C@@H]1C(=C(C)C)CC[C@@H]1C. The molecular formula is C12H20O2. The first-order valence-electron chi connectivity index (χ1n) is 5.40. The van der Waals surface area contributed by atoms with Crippen LogP contribution in [0.5, 0.6) is 0 Å². The van der Waals surface area contributed by atoms with Crippen LogP contribution in [0.25, 0.3) is 0 Å². The van der Waals surface area contributed by atoms with Gasteiger partial charge in [0.25, 0.3) is 0 Å². The van der Waals surface area contributed by atoms with Crippen molar-refractivity contribution in [3.63, 3.8) is 0 Å². The number of allylic oxidation sites excluding steroid dienone is 1. The molecule has 0 saturated heterocycles. The van der Waals surface area contributed by atoms with Gasteiger partial charge in [-0.05, 0) is 39.5 Å². The van der Waals surface area contributed by atoms with Gasteiger partial charge in [0.1, 0.15) is 0 Å². The third-order valence-corrected chi connectivity index (χ3v) is 3.00. The number of hydrogen-bond acceptors (Lipinski definition) is 2. The van der Waals surface area contributed by atoms with Gasteiger partial charge < -0.3 is 4.74 Å². The van der Waals surface area contributed by atoms with Crippen LogP contribution in [0, 0.1) is 11.8 Å². The molecule has 0 aliphatic heterocycles. The van der Waals surface area contributed by atoms with Crippen LogP contribution in [0.3, 0.4) is 0 Å². The van der Waals surface area contributed by atoms with Gasteiger partial charge in [-0.3, -0.25) is 4.79 Å². The molecule has 0 amide bonds. The van der Waals surface area contributed by atoms with Crippen molar-refractivity contribution in [1.29, 1.82) is 0 Å². The van der Waals surface area contributed by atoms with E-state index >= 15 is 0 Å². The highest BCUT2D eigenvalue weighted by atomic mass is 16.5. The molecule has 0 aromatic heterocycles. The third-order valence-electron chi connectivity index (χ3n) is 3.00. The summed E-state index contributed by atoms with van der Waals surface area (Å²) < 4.78 is 5.10. The topological polar surface area (TPSA) is 26.3 Å². The fourth-order valence-corrected chi connectivity index (χ4v) is 2.22. The quantitative estimate of drug-likeness (QED) is 0.501. The van der Waals surface area contributed by atoms with Crippen LogP contribution < -0.4 is 0 Å². The van der Waals surface area contributed by atoms with E-state index in [0.29, 0.717) is 12.5 Å². The Morgan fingerprint density at radius 2 is 2.14 bits per heavy atom.